The molecule has 1 aliphatic carbocycles. The van der Waals surface area contributed by atoms with Gasteiger partial charge in [0.2, 0.25) is 5.76 Å². The molecule has 0 unspecified atom stereocenters. The number of aldehydes is 1. The summed E-state index contributed by atoms with van der Waals surface area (Å²) in [5.74, 6) is 2.83. The fraction of sp³-hybridized carbons (Fsp3) is 0.593. The second-order valence-corrected chi connectivity index (χ2v) is 10.1. The number of nitrogens with one attached hydrogen (secondary N) is 2. The molecule has 7 heteroatoms. The largest absolute Gasteiger partial charge is 0.444 e. The number of halogens is 1. The van der Waals surface area contributed by atoms with Gasteiger partial charge in [-0.15, -0.1) is 0 Å². The standard InChI is InChI=1S/C15H16BrN3O.C10H18O.C2H7N/c1-9-2-4-10(5-3-9)19-15-14(16)12-6-11(7-17)20-13(12)8-18-15;1-4-5-6-10(8-11)7-9(2)3;1-3-2/h6,8-10H,2-5H2,1H3,(H,18,19);4-5,8-10H,6-7H2,1-3H3;3H,1-2H3/b;5-4-;/t;10-;/m.1./s1. The Bertz CT molecular complexity index is 925. The Hall–Kier alpha value is -2.17. The average molecular weight is 534 g/mol. The van der Waals surface area contributed by atoms with E-state index < -0.39 is 0 Å². The first-order valence-corrected chi connectivity index (χ1v) is 13.0. The van der Waals surface area contributed by atoms with Crippen LogP contribution in [-0.4, -0.2) is 31.4 Å². The van der Waals surface area contributed by atoms with Gasteiger partial charge in [0.1, 0.15) is 18.2 Å². The molecule has 1 fully saturated rings. The van der Waals surface area contributed by atoms with Crippen molar-refractivity contribution in [2.75, 3.05) is 19.4 Å². The van der Waals surface area contributed by atoms with Crippen molar-refractivity contribution >= 4 is 39.0 Å². The van der Waals surface area contributed by atoms with E-state index in [1.807, 2.05) is 33.2 Å². The molecule has 0 aliphatic heterocycles. The van der Waals surface area contributed by atoms with E-state index in [4.69, 9.17) is 9.68 Å². The molecule has 0 bridgehead atoms. The monoisotopic (exact) mass is 532 g/mol. The maximum atomic E-state index is 10.5. The number of nitrogens with zero attached hydrogens (tertiary/aromatic N) is 2. The van der Waals surface area contributed by atoms with Gasteiger partial charge in [0.05, 0.1) is 10.7 Å². The molecule has 0 amide bonds. The van der Waals surface area contributed by atoms with Gasteiger partial charge in [-0.2, -0.15) is 5.26 Å². The summed E-state index contributed by atoms with van der Waals surface area (Å²) in [6.45, 7) is 8.58. The SMILES string of the molecule is C/C=C\C[C@@H](C=O)CC(C)C.CC1CCC(Nc2ncc3oc(C#N)cc3c2Br)CC1.CNC. The lowest BCUT2D eigenvalue weighted by atomic mass is 9.87. The zero-order valence-electron chi connectivity index (χ0n) is 21.5. The Labute approximate surface area is 213 Å². The lowest BCUT2D eigenvalue weighted by molar-refractivity contribution is -0.111. The summed E-state index contributed by atoms with van der Waals surface area (Å²) in [4.78, 5) is 14.9. The molecular formula is C27H41BrN4O2. The molecule has 1 aliphatic rings. The zero-order valence-corrected chi connectivity index (χ0v) is 23.1. The average Bonchev–Trinajstić information content (AvgIpc) is 3.25. The summed E-state index contributed by atoms with van der Waals surface area (Å²) in [6.07, 6.45) is 13.6. The molecule has 188 valence electrons. The number of anilines is 1. The van der Waals surface area contributed by atoms with Gasteiger partial charge in [0.15, 0.2) is 5.58 Å². The lowest BCUT2D eigenvalue weighted by Crippen LogP contribution is -2.25. The number of fused-ring (bicyclic) bond motifs is 1. The van der Waals surface area contributed by atoms with Crippen LogP contribution < -0.4 is 10.6 Å². The summed E-state index contributed by atoms with van der Waals surface area (Å²) < 4.78 is 6.25. The summed E-state index contributed by atoms with van der Waals surface area (Å²) in [6, 6.07) is 4.24. The van der Waals surface area contributed by atoms with Gasteiger partial charge in [-0.1, -0.05) is 32.9 Å². The number of hydrogen-bond acceptors (Lipinski definition) is 6. The molecule has 3 rings (SSSR count). The lowest BCUT2D eigenvalue weighted by Gasteiger charge is -2.27. The van der Waals surface area contributed by atoms with Gasteiger partial charge in [-0.05, 0) is 87.3 Å². The highest BCUT2D eigenvalue weighted by Crippen LogP contribution is 2.33. The molecule has 0 radical (unpaired) electrons. The third-order valence-electron chi connectivity index (χ3n) is 5.62. The zero-order chi connectivity index (χ0) is 25.5. The Balaban J connectivity index is 0.000000352. The van der Waals surface area contributed by atoms with Crippen molar-refractivity contribution in [3.8, 4) is 6.07 Å². The maximum Gasteiger partial charge on any atom is 0.204 e. The van der Waals surface area contributed by atoms with E-state index in [1.54, 1.807) is 12.3 Å². The molecule has 0 saturated heterocycles. The quantitative estimate of drug-likeness (QED) is 0.291. The number of furan rings is 1. The molecule has 2 aromatic rings. The molecule has 6 nitrogen and oxygen atoms in total. The van der Waals surface area contributed by atoms with Crippen molar-refractivity contribution in [3.05, 3.63) is 34.6 Å². The van der Waals surface area contributed by atoms with Crippen LogP contribution in [0, 0.1) is 29.1 Å². The van der Waals surface area contributed by atoms with Crippen LogP contribution in [-0.2, 0) is 4.79 Å². The van der Waals surface area contributed by atoms with Crippen molar-refractivity contribution in [1.82, 2.24) is 10.3 Å². The molecule has 34 heavy (non-hydrogen) atoms. The predicted molar refractivity (Wildman–Crippen MR) is 145 cm³/mol. The third-order valence-corrected chi connectivity index (χ3v) is 6.43. The van der Waals surface area contributed by atoms with Gasteiger partial charge < -0.3 is 19.8 Å². The number of allylic oxidation sites excluding steroid dienone is 2. The minimum atomic E-state index is 0.228. The van der Waals surface area contributed by atoms with E-state index >= 15 is 0 Å². The number of carbonyl (C=O) groups is 1. The minimum absolute atomic E-state index is 0.228. The van der Waals surface area contributed by atoms with E-state index in [0.29, 0.717) is 23.3 Å². The first-order chi connectivity index (χ1) is 16.3. The molecule has 2 N–H and O–H groups in total. The van der Waals surface area contributed by atoms with Crippen LogP contribution >= 0.6 is 15.9 Å². The van der Waals surface area contributed by atoms with Crippen molar-refractivity contribution in [1.29, 1.82) is 5.26 Å². The molecule has 0 spiro atoms. The molecular weight excluding hydrogens is 492 g/mol. The normalized spacial score (nSPS) is 18.4. The number of nitriles is 1. The van der Waals surface area contributed by atoms with Gasteiger partial charge >= 0.3 is 0 Å². The number of pyridine rings is 1. The van der Waals surface area contributed by atoms with Crippen molar-refractivity contribution < 1.29 is 9.21 Å². The highest BCUT2D eigenvalue weighted by atomic mass is 79.9. The first-order valence-electron chi connectivity index (χ1n) is 12.2. The highest BCUT2D eigenvalue weighted by Gasteiger charge is 2.20. The molecule has 2 heterocycles. The Morgan fingerprint density at radius 2 is 1.94 bits per heavy atom. The second kappa shape index (κ2) is 16.5. The van der Waals surface area contributed by atoms with E-state index in [2.05, 4.69) is 58.4 Å². The van der Waals surface area contributed by atoms with E-state index in [-0.39, 0.29) is 5.92 Å². The van der Waals surface area contributed by atoms with Crippen LogP contribution in [0.4, 0.5) is 5.82 Å². The van der Waals surface area contributed by atoms with Gasteiger partial charge in [-0.25, -0.2) is 4.98 Å². The van der Waals surface area contributed by atoms with Crippen molar-refractivity contribution in [3.63, 3.8) is 0 Å². The van der Waals surface area contributed by atoms with Crippen molar-refractivity contribution in [2.24, 2.45) is 17.8 Å². The van der Waals surface area contributed by atoms with Crippen LogP contribution in [0.5, 0.6) is 0 Å². The number of hydrogen-bond donors (Lipinski definition) is 2. The Morgan fingerprint density at radius 3 is 2.47 bits per heavy atom. The van der Waals surface area contributed by atoms with Crippen LogP contribution in [0.2, 0.25) is 0 Å². The molecule has 1 atom stereocenters. The third kappa shape index (κ3) is 10.4. The van der Waals surface area contributed by atoms with Gasteiger partial charge in [0.25, 0.3) is 0 Å². The summed E-state index contributed by atoms with van der Waals surface area (Å²) in [5, 5.41) is 16.0. The summed E-state index contributed by atoms with van der Waals surface area (Å²) >= 11 is 3.57. The van der Waals surface area contributed by atoms with Crippen LogP contribution in [0.3, 0.4) is 0 Å². The van der Waals surface area contributed by atoms with Crippen LogP contribution in [0.1, 0.15) is 72.0 Å². The van der Waals surface area contributed by atoms with Crippen LogP contribution in [0.15, 0.2) is 33.3 Å². The van der Waals surface area contributed by atoms with Crippen molar-refractivity contribution in [2.45, 2.75) is 72.3 Å². The highest BCUT2D eigenvalue weighted by molar-refractivity contribution is 9.10. The minimum Gasteiger partial charge on any atom is -0.444 e. The topological polar surface area (TPSA) is 91.0 Å². The second-order valence-electron chi connectivity index (χ2n) is 9.35. The Morgan fingerprint density at radius 1 is 1.29 bits per heavy atom. The predicted octanol–water partition coefficient (Wildman–Crippen LogP) is 7.10. The number of aromatic nitrogens is 1. The fourth-order valence-corrected chi connectivity index (χ4v) is 4.38. The Kier molecular flexibility index (Phi) is 14.5. The number of rotatable bonds is 7. The fourth-order valence-electron chi connectivity index (χ4n) is 3.86. The van der Waals surface area contributed by atoms with Gasteiger partial charge in [-0.3, -0.25) is 0 Å². The van der Waals surface area contributed by atoms with E-state index in [9.17, 15) is 4.79 Å². The summed E-state index contributed by atoms with van der Waals surface area (Å²) in [5.41, 5.74) is 0.635. The van der Waals surface area contributed by atoms with E-state index in [1.165, 1.54) is 25.7 Å². The maximum absolute atomic E-state index is 10.5. The van der Waals surface area contributed by atoms with E-state index in [0.717, 1.165) is 40.7 Å². The van der Waals surface area contributed by atoms with Crippen LogP contribution in [0.25, 0.3) is 11.0 Å². The number of carbonyl (C=O) groups excluding carboxylic acids is 1. The van der Waals surface area contributed by atoms with Gasteiger partial charge in [0, 0.05) is 23.4 Å². The summed E-state index contributed by atoms with van der Waals surface area (Å²) in [7, 11) is 3.75. The molecule has 2 aromatic heterocycles. The first kappa shape index (κ1) is 29.9. The molecule has 0 aromatic carbocycles. The smallest absolute Gasteiger partial charge is 0.204 e. The molecule has 1 saturated carbocycles.